The maximum absolute atomic E-state index is 15.4. The van der Waals surface area contributed by atoms with Crippen LogP contribution in [0, 0.1) is 5.82 Å². The van der Waals surface area contributed by atoms with Gasteiger partial charge in [-0.1, -0.05) is 37.3 Å². The lowest BCUT2D eigenvalue weighted by Crippen LogP contribution is -2.51. The van der Waals surface area contributed by atoms with Crippen LogP contribution in [-0.2, 0) is 53.8 Å². The van der Waals surface area contributed by atoms with Crippen molar-refractivity contribution in [3.05, 3.63) is 93.0 Å². The number of anilines is 1. The van der Waals surface area contributed by atoms with Gasteiger partial charge in [0.1, 0.15) is 30.6 Å². The Morgan fingerprint density at radius 2 is 1.76 bits per heavy atom. The van der Waals surface area contributed by atoms with Crippen LogP contribution >= 0.6 is 0 Å². The van der Waals surface area contributed by atoms with Crippen LogP contribution in [-0.4, -0.2) is 69.2 Å². The summed E-state index contributed by atoms with van der Waals surface area (Å²) >= 11 is 0. The number of aliphatic hydroxyl groups is 1. The number of esters is 1. The van der Waals surface area contributed by atoms with Gasteiger partial charge in [-0.3, -0.25) is 19.2 Å². The number of fused-ring (bicyclic) bond motifs is 5. The van der Waals surface area contributed by atoms with Crippen molar-refractivity contribution in [3.63, 3.8) is 0 Å². The summed E-state index contributed by atoms with van der Waals surface area (Å²) in [5.74, 6) is -3.77. The van der Waals surface area contributed by atoms with Crippen molar-refractivity contribution in [1.82, 2.24) is 25.5 Å². The zero-order valence-corrected chi connectivity index (χ0v) is 30.0. The molecule has 16 heteroatoms. The number of pyridine rings is 2. The van der Waals surface area contributed by atoms with Gasteiger partial charge in [0.25, 0.3) is 5.56 Å². The predicted molar refractivity (Wildman–Crippen MR) is 192 cm³/mol. The van der Waals surface area contributed by atoms with Gasteiger partial charge in [-0.15, -0.1) is 0 Å². The van der Waals surface area contributed by atoms with E-state index in [1.165, 1.54) is 10.6 Å². The summed E-state index contributed by atoms with van der Waals surface area (Å²) in [6.45, 7) is 5.45. The third-order valence-electron chi connectivity index (χ3n) is 9.02. The van der Waals surface area contributed by atoms with Crippen molar-refractivity contribution >= 4 is 46.4 Å². The second-order valence-corrected chi connectivity index (χ2v) is 14.1. The van der Waals surface area contributed by atoms with Gasteiger partial charge in [0.2, 0.25) is 17.7 Å². The zero-order valence-electron chi connectivity index (χ0n) is 30.0. The van der Waals surface area contributed by atoms with Crippen molar-refractivity contribution in [1.29, 1.82) is 0 Å². The van der Waals surface area contributed by atoms with Crippen LogP contribution in [0.3, 0.4) is 0 Å². The number of halogens is 1. The van der Waals surface area contributed by atoms with Crippen LogP contribution in [0.25, 0.3) is 22.3 Å². The first-order valence-corrected chi connectivity index (χ1v) is 17.2. The summed E-state index contributed by atoms with van der Waals surface area (Å²) in [7, 11) is 0. The number of nitrogens with one attached hydrogen (secondary N) is 4. The number of ether oxygens (including phenoxy) is 2. The summed E-state index contributed by atoms with van der Waals surface area (Å²) < 4.78 is 27.1. The van der Waals surface area contributed by atoms with Crippen LogP contribution in [0.1, 0.15) is 56.4 Å². The minimum absolute atomic E-state index is 0.0109. The van der Waals surface area contributed by atoms with Crippen LogP contribution in [0.4, 0.5) is 14.9 Å². The molecule has 0 bridgehead atoms. The number of alkyl carbamates (subject to hydrolysis) is 1. The molecule has 2 aliphatic heterocycles. The smallest absolute Gasteiger partial charge is 0.408 e. The molecule has 4 amide bonds. The normalized spacial score (nSPS) is 16.3. The lowest BCUT2D eigenvalue weighted by Gasteiger charge is -2.31. The van der Waals surface area contributed by atoms with Crippen LogP contribution in [0.2, 0.25) is 0 Å². The van der Waals surface area contributed by atoms with Crippen molar-refractivity contribution < 1.29 is 42.9 Å². The van der Waals surface area contributed by atoms with E-state index in [2.05, 4.69) is 26.3 Å². The average Bonchev–Trinajstić information content (AvgIpc) is 3.48. The van der Waals surface area contributed by atoms with E-state index in [-0.39, 0.29) is 48.3 Å². The SMILES string of the molecule is CC[C@@]1(O)C(=O)OCc2c1cc1n(c2=O)Cc2cc3cc(NC(=O)CNC(=O)[C@H](Cc4ccccc4)NC(=O)CNC(=O)OC(C)(C)C)c(F)cc3nc2-1. The number of cyclic esters (lactones) is 1. The molecule has 2 aromatic carbocycles. The molecule has 15 nitrogen and oxygen atoms in total. The van der Waals surface area contributed by atoms with E-state index in [0.717, 1.165) is 11.6 Å². The number of amides is 4. The van der Waals surface area contributed by atoms with Crippen LogP contribution in [0.15, 0.2) is 59.4 Å². The fourth-order valence-corrected chi connectivity index (χ4v) is 6.36. The monoisotopic (exact) mass is 742 g/mol. The molecule has 2 atom stereocenters. The summed E-state index contributed by atoms with van der Waals surface area (Å²) in [5, 5.41) is 21.4. The molecule has 5 N–H and O–H groups in total. The van der Waals surface area contributed by atoms with E-state index < -0.39 is 71.5 Å². The zero-order chi connectivity index (χ0) is 38.9. The molecule has 0 unspecified atom stereocenters. The molecule has 6 rings (SSSR count). The van der Waals surface area contributed by atoms with E-state index in [4.69, 9.17) is 9.47 Å². The first-order chi connectivity index (χ1) is 25.6. The van der Waals surface area contributed by atoms with Crippen LogP contribution in [0.5, 0.6) is 0 Å². The Bertz CT molecular complexity index is 2250. The second-order valence-electron chi connectivity index (χ2n) is 14.1. The molecule has 0 saturated heterocycles. The van der Waals surface area contributed by atoms with Gasteiger partial charge in [-0.05, 0) is 51.0 Å². The minimum Gasteiger partial charge on any atom is -0.458 e. The molecule has 4 aromatic rings. The van der Waals surface area contributed by atoms with Crippen LogP contribution < -0.4 is 26.8 Å². The topological polar surface area (TPSA) is 207 Å². The molecule has 2 aliphatic rings. The molecule has 2 aromatic heterocycles. The van der Waals surface area contributed by atoms with Crippen molar-refractivity contribution in [3.8, 4) is 11.4 Å². The Hall–Kier alpha value is -6.16. The van der Waals surface area contributed by atoms with Crippen molar-refractivity contribution in [2.24, 2.45) is 0 Å². The Morgan fingerprint density at radius 1 is 1.04 bits per heavy atom. The number of nitrogens with zero attached hydrogens (tertiary/aromatic N) is 2. The molecule has 0 radical (unpaired) electrons. The van der Waals surface area contributed by atoms with Gasteiger partial charge in [0.05, 0.1) is 41.2 Å². The summed E-state index contributed by atoms with van der Waals surface area (Å²) in [6.07, 6.45) is -0.741. The standard InChI is InChI=1S/C38H39FN6O9/c1-5-38(52)24-14-29-32-22(18-45(29)34(49)23(24)19-53-35(38)50)12-21-13-27(25(39)15-26(21)44-32)42-30(46)16-40-33(48)28(11-20-9-7-6-8-10-20)43-31(47)17-41-36(51)54-37(2,3)4/h6-10,12-15,28,52H,5,11,16-19H2,1-4H3,(H,40,48)(H,41,51)(H,42,46)(H,43,47)/t28-,38-/m0/s1. The third-order valence-corrected chi connectivity index (χ3v) is 9.02. The Labute approximate surface area is 308 Å². The highest BCUT2D eigenvalue weighted by molar-refractivity contribution is 5.98. The van der Waals surface area contributed by atoms with Gasteiger partial charge >= 0.3 is 12.1 Å². The maximum atomic E-state index is 15.4. The lowest BCUT2D eigenvalue weighted by atomic mass is 9.86. The quantitative estimate of drug-likeness (QED) is 0.132. The number of carbonyl (C=O) groups is 5. The highest BCUT2D eigenvalue weighted by Crippen LogP contribution is 2.39. The predicted octanol–water partition coefficient (Wildman–Crippen LogP) is 2.53. The van der Waals surface area contributed by atoms with Gasteiger partial charge in [-0.2, -0.15) is 0 Å². The molecular formula is C38H39FN6O9. The van der Waals surface area contributed by atoms with Gasteiger partial charge in [0, 0.05) is 29.0 Å². The first kappa shape index (κ1) is 37.6. The number of benzene rings is 2. The third kappa shape index (κ3) is 7.78. The molecule has 54 heavy (non-hydrogen) atoms. The molecule has 0 saturated carbocycles. The molecule has 282 valence electrons. The van der Waals surface area contributed by atoms with Crippen molar-refractivity contribution in [2.75, 3.05) is 18.4 Å². The minimum atomic E-state index is -1.99. The Morgan fingerprint density at radius 3 is 2.46 bits per heavy atom. The Kier molecular flexibility index (Phi) is 10.2. The lowest BCUT2D eigenvalue weighted by molar-refractivity contribution is -0.172. The average molecular weight is 743 g/mol. The first-order valence-electron chi connectivity index (χ1n) is 17.2. The van der Waals surface area contributed by atoms with E-state index in [0.29, 0.717) is 22.3 Å². The summed E-state index contributed by atoms with van der Waals surface area (Å²) in [4.78, 5) is 81.3. The number of aromatic nitrogens is 2. The number of hydrogen-bond donors (Lipinski definition) is 5. The molecule has 4 heterocycles. The molecular weight excluding hydrogens is 703 g/mol. The number of rotatable bonds is 10. The fraction of sp³-hybridized carbons (Fsp3) is 0.342. The van der Waals surface area contributed by atoms with Gasteiger partial charge in [0.15, 0.2) is 5.60 Å². The molecule has 0 fully saturated rings. The fourth-order valence-electron chi connectivity index (χ4n) is 6.36. The summed E-state index contributed by atoms with van der Waals surface area (Å²) in [5.41, 5.74) is -0.727. The highest BCUT2D eigenvalue weighted by Gasteiger charge is 2.45. The molecule has 0 spiro atoms. The number of carbonyl (C=O) groups excluding carboxylic acids is 5. The second kappa shape index (κ2) is 14.7. The highest BCUT2D eigenvalue weighted by atomic mass is 19.1. The largest absolute Gasteiger partial charge is 0.458 e. The summed E-state index contributed by atoms with van der Waals surface area (Å²) in [6, 6.07) is 13.5. The molecule has 0 aliphatic carbocycles. The van der Waals surface area contributed by atoms with Gasteiger partial charge < -0.3 is 40.4 Å². The maximum Gasteiger partial charge on any atom is 0.408 e. The van der Waals surface area contributed by atoms with Gasteiger partial charge in [-0.25, -0.2) is 19.0 Å². The van der Waals surface area contributed by atoms with Crippen molar-refractivity contribution in [2.45, 2.75) is 70.9 Å². The van der Waals surface area contributed by atoms with E-state index in [9.17, 15) is 33.9 Å². The van der Waals surface area contributed by atoms with E-state index >= 15 is 4.39 Å². The van der Waals surface area contributed by atoms with E-state index in [1.807, 2.05) is 0 Å². The number of hydrogen-bond acceptors (Lipinski definition) is 10. The Balaban J connectivity index is 1.14. The van der Waals surface area contributed by atoms with E-state index in [1.54, 1.807) is 70.2 Å².